The van der Waals surface area contributed by atoms with E-state index in [9.17, 15) is 0 Å². The van der Waals surface area contributed by atoms with Crippen LogP contribution < -0.4 is 0 Å². The SMILES string of the molecule is C/C1=C/CC/C(C)=C/C=C\CC1. The van der Waals surface area contributed by atoms with Crippen molar-refractivity contribution in [3.63, 3.8) is 0 Å². The molecule has 0 nitrogen and oxygen atoms in total. The molecule has 0 heterocycles. The molecule has 0 aromatic rings. The van der Waals surface area contributed by atoms with Crippen molar-refractivity contribution in [3.05, 3.63) is 35.5 Å². The van der Waals surface area contributed by atoms with Gasteiger partial charge >= 0.3 is 0 Å². The molecule has 0 aromatic carbocycles. The van der Waals surface area contributed by atoms with E-state index >= 15 is 0 Å². The lowest BCUT2D eigenvalue weighted by atomic mass is 10.1. The van der Waals surface area contributed by atoms with Crippen LogP contribution in [0.3, 0.4) is 0 Å². The summed E-state index contributed by atoms with van der Waals surface area (Å²) in [7, 11) is 0. The van der Waals surface area contributed by atoms with Crippen LogP contribution in [0.25, 0.3) is 0 Å². The fraction of sp³-hybridized carbons (Fsp3) is 0.500. The summed E-state index contributed by atoms with van der Waals surface area (Å²) in [6, 6.07) is 0. The maximum atomic E-state index is 2.37. The molecule has 1 aliphatic rings. The highest BCUT2D eigenvalue weighted by atomic mass is 14.0. The van der Waals surface area contributed by atoms with Crippen LogP contribution in [0.4, 0.5) is 0 Å². The first kappa shape index (κ1) is 9.31. The lowest BCUT2D eigenvalue weighted by Crippen LogP contribution is -1.81. The Hall–Kier alpha value is -0.780. The van der Waals surface area contributed by atoms with Crippen molar-refractivity contribution >= 4 is 0 Å². The molecule has 0 amide bonds. The van der Waals surface area contributed by atoms with Crippen molar-refractivity contribution in [1.82, 2.24) is 0 Å². The molecule has 0 saturated heterocycles. The molecule has 0 N–H and O–H groups in total. The Kier molecular flexibility index (Phi) is 3.86. The minimum atomic E-state index is 1.19. The van der Waals surface area contributed by atoms with E-state index < -0.39 is 0 Å². The molecule has 0 aromatic heterocycles. The number of allylic oxidation sites excluding steroid dienone is 6. The molecule has 1 rings (SSSR count). The highest BCUT2D eigenvalue weighted by Crippen LogP contribution is 2.12. The molecule has 1 aliphatic carbocycles. The zero-order valence-corrected chi connectivity index (χ0v) is 8.14. The summed E-state index contributed by atoms with van der Waals surface area (Å²) in [5.41, 5.74) is 3.02. The Morgan fingerprint density at radius 2 is 1.75 bits per heavy atom. The predicted octanol–water partition coefficient (Wildman–Crippen LogP) is 4.01. The van der Waals surface area contributed by atoms with Gasteiger partial charge in [0, 0.05) is 0 Å². The highest BCUT2D eigenvalue weighted by molar-refractivity contribution is 5.13. The van der Waals surface area contributed by atoms with Crippen LogP contribution in [0.15, 0.2) is 35.5 Å². The molecular formula is C12H18. The van der Waals surface area contributed by atoms with Crippen molar-refractivity contribution in [2.45, 2.75) is 39.5 Å². The van der Waals surface area contributed by atoms with Crippen LogP contribution in [0.5, 0.6) is 0 Å². The molecule has 0 heteroatoms. The third kappa shape index (κ3) is 3.56. The van der Waals surface area contributed by atoms with Gasteiger partial charge < -0.3 is 0 Å². The number of hydrogen-bond donors (Lipinski definition) is 0. The maximum Gasteiger partial charge on any atom is -0.0285 e. The molecule has 0 fully saturated rings. The molecule has 0 unspecified atom stereocenters. The fourth-order valence-electron chi connectivity index (χ4n) is 1.37. The van der Waals surface area contributed by atoms with E-state index in [1.807, 2.05) is 0 Å². The average molecular weight is 162 g/mol. The first-order chi connectivity index (χ1) is 5.79. The van der Waals surface area contributed by atoms with E-state index in [1.54, 1.807) is 0 Å². The van der Waals surface area contributed by atoms with Gasteiger partial charge in [-0.05, 0) is 39.5 Å². The second-order valence-corrected chi connectivity index (χ2v) is 3.57. The minimum Gasteiger partial charge on any atom is -0.0853 e. The van der Waals surface area contributed by atoms with Gasteiger partial charge in [-0.3, -0.25) is 0 Å². The summed E-state index contributed by atoms with van der Waals surface area (Å²) in [5, 5.41) is 0. The third-order valence-electron chi connectivity index (χ3n) is 2.25. The van der Waals surface area contributed by atoms with Gasteiger partial charge in [-0.25, -0.2) is 0 Å². The summed E-state index contributed by atoms with van der Waals surface area (Å²) in [6.07, 6.45) is 13.9. The third-order valence-corrected chi connectivity index (χ3v) is 2.25. The monoisotopic (exact) mass is 162 g/mol. The Bertz CT molecular complexity index is 216. The molecule has 66 valence electrons. The second kappa shape index (κ2) is 4.97. The van der Waals surface area contributed by atoms with Gasteiger partial charge in [0.2, 0.25) is 0 Å². The zero-order valence-electron chi connectivity index (χ0n) is 8.14. The van der Waals surface area contributed by atoms with Crippen molar-refractivity contribution in [2.75, 3.05) is 0 Å². The normalized spacial score (nSPS) is 31.2. The van der Waals surface area contributed by atoms with Crippen molar-refractivity contribution in [1.29, 1.82) is 0 Å². The molecule has 0 spiro atoms. The first-order valence-corrected chi connectivity index (χ1v) is 4.77. The lowest BCUT2D eigenvalue weighted by Gasteiger charge is -2.01. The van der Waals surface area contributed by atoms with Gasteiger partial charge in [0.05, 0.1) is 0 Å². The Morgan fingerprint density at radius 1 is 1.00 bits per heavy atom. The fourth-order valence-corrected chi connectivity index (χ4v) is 1.37. The van der Waals surface area contributed by atoms with Crippen LogP contribution >= 0.6 is 0 Å². The summed E-state index contributed by atoms with van der Waals surface area (Å²) in [5.74, 6) is 0. The lowest BCUT2D eigenvalue weighted by molar-refractivity contribution is 0.916. The van der Waals surface area contributed by atoms with Crippen molar-refractivity contribution < 1.29 is 0 Å². The average Bonchev–Trinajstić information content (AvgIpc) is 2.04. The van der Waals surface area contributed by atoms with Crippen LogP contribution in [0.2, 0.25) is 0 Å². The van der Waals surface area contributed by atoms with Gasteiger partial charge in [0.25, 0.3) is 0 Å². The molecule has 0 atom stereocenters. The second-order valence-electron chi connectivity index (χ2n) is 3.57. The largest absolute Gasteiger partial charge is 0.0853 e. The van der Waals surface area contributed by atoms with E-state index in [0.717, 1.165) is 0 Å². The van der Waals surface area contributed by atoms with Gasteiger partial charge in [0.15, 0.2) is 0 Å². The van der Waals surface area contributed by atoms with E-state index in [0.29, 0.717) is 0 Å². The first-order valence-electron chi connectivity index (χ1n) is 4.77. The van der Waals surface area contributed by atoms with Gasteiger partial charge in [-0.1, -0.05) is 35.5 Å². The van der Waals surface area contributed by atoms with E-state index in [-0.39, 0.29) is 0 Å². The minimum absolute atomic E-state index is 1.19. The summed E-state index contributed by atoms with van der Waals surface area (Å²) >= 11 is 0. The molecule has 0 radical (unpaired) electrons. The smallest absolute Gasteiger partial charge is 0.0285 e. The van der Waals surface area contributed by atoms with Crippen LogP contribution in [0, 0.1) is 0 Å². The van der Waals surface area contributed by atoms with Crippen LogP contribution in [0.1, 0.15) is 39.5 Å². The number of hydrogen-bond acceptors (Lipinski definition) is 0. The molecular weight excluding hydrogens is 144 g/mol. The van der Waals surface area contributed by atoms with Crippen LogP contribution in [-0.2, 0) is 0 Å². The number of rotatable bonds is 0. The molecule has 0 aliphatic heterocycles. The van der Waals surface area contributed by atoms with E-state index in [1.165, 1.54) is 36.8 Å². The van der Waals surface area contributed by atoms with E-state index in [4.69, 9.17) is 0 Å². The Balaban J connectivity index is 2.59. The molecule has 12 heavy (non-hydrogen) atoms. The van der Waals surface area contributed by atoms with Gasteiger partial charge in [-0.2, -0.15) is 0 Å². The van der Waals surface area contributed by atoms with Crippen LogP contribution in [-0.4, -0.2) is 0 Å². The van der Waals surface area contributed by atoms with E-state index in [2.05, 4.69) is 38.2 Å². The topological polar surface area (TPSA) is 0 Å². The quantitative estimate of drug-likeness (QED) is 0.472. The van der Waals surface area contributed by atoms with Gasteiger partial charge in [-0.15, -0.1) is 0 Å². The maximum absolute atomic E-state index is 2.37. The molecule has 0 bridgehead atoms. The standard InChI is InChI=1S/C12H18/c1-11-7-4-3-5-8-12(2)10-6-9-11/h3-4,7,10H,5-6,8-9H2,1-2H3/b4-3-,11-7+,12-10-. The zero-order chi connectivity index (χ0) is 8.81. The predicted molar refractivity (Wildman–Crippen MR) is 55.1 cm³/mol. The van der Waals surface area contributed by atoms with Crippen molar-refractivity contribution in [2.24, 2.45) is 0 Å². The summed E-state index contributed by atoms with van der Waals surface area (Å²) in [4.78, 5) is 0. The Labute approximate surface area is 75.7 Å². The van der Waals surface area contributed by atoms with Gasteiger partial charge in [0.1, 0.15) is 0 Å². The van der Waals surface area contributed by atoms with Crippen molar-refractivity contribution in [3.8, 4) is 0 Å². The summed E-state index contributed by atoms with van der Waals surface area (Å²) < 4.78 is 0. The Morgan fingerprint density at radius 3 is 2.58 bits per heavy atom. The highest BCUT2D eigenvalue weighted by Gasteiger charge is 1.92. The summed E-state index contributed by atoms with van der Waals surface area (Å²) in [6.45, 7) is 4.43. The molecule has 0 saturated carbocycles.